The second kappa shape index (κ2) is 4.73. The van der Waals surface area contributed by atoms with Crippen LogP contribution in [0, 0.1) is 0 Å². The van der Waals surface area contributed by atoms with Crippen molar-refractivity contribution in [2.75, 3.05) is 0 Å². The van der Waals surface area contributed by atoms with Crippen molar-refractivity contribution in [3.63, 3.8) is 0 Å². The molecular weight excluding hydrogens is 251 g/mol. The molecule has 0 aliphatic heterocycles. The zero-order valence-corrected chi connectivity index (χ0v) is 8.46. The van der Waals surface area contributed by atoms with Crippen LogP contribution in [-0.2, 0) is 0 Å². The standard InChI is InChI=1S/C9H5F5OS/c10-8(11)5(9(12,13)14)4-6(15)7-2-1-3-16-7/h1-3H,4H2. The number of rotatable bonds is 3. The Hall–Kier alpha value is -1.24. The second-order valence-electron chi connectivity index (χ2n) is 2.81. The van der Waals surface area contributed by atoms with Crippen LogP contribution in [0.1, 0.15) is 16.1 Å². The lowest BCUT2D eigenvalue weighted by Gasteiger charge is -2.08. The number of carbonyl (C=O) groups excluding carboxylic acids is 1. The summed E-state index contributed by atoms with van der Waals surface area (Å²) in [4.78, 5) is 11.2. The zero-order chi connectivity index (χ0) is 12.3. The molecule has 1 aromatic rings. The van der Waals surface area contributed by atoms with E-state index in [0.29, 0.717) is 0 Å². The number of alkyl halides is 3. The van der Waals surface area contributed by atoms with Crippen LogP contribution in [0.5, 0.6) is 0 Å². The molecule has 1 heterocycles. The van der Waals surface area contributed by atoms with Gasteiger partial charge in [-0.2, -0.15) is 22.0 Å². The minimum absolute atomic E-state index is 0.0306. The van der Waals surface area contributed by atoms with E-state index < -0.39 is 30.0 Å². The van der Waals surface area contributed by atoms with E-state index in [2.05, 4.69) is 0 Å². The summed E-state index contributed by atoms with van der Waals surface area (Å²) >= 11 is 0.911. The fourth-order valence-corrected chi connectivity index (χ4v) is 1.62. The minimum atomic E-state index is -5.17. The van der Waals surface area contributed by atoms with E-state index in [-0.39, 0.29) is 4.88 Å². The molecule has 1 nitrogen and oxygen atoms in total. The van der Waals surface area contributed by atoms with E-state index in [9.17, 15) is 26.7 Å². The van der Waals surface area contributed by atoms with Gasteiger partial charge in [-0.05, 0) is 11.4 Å². The van der Waals surface area contributed by atoms with Crippen molar-refractivity contribution in [2.24, 2.45) is 0 Å². The highest BCUT2D eigenvalue weighted by molar-refractivity contribution is 7.12. The predicted octanol–water partition coefficient (Wildman–Crippen LogP) is 4.03. The molecule has 0 atom stereocenters. The second-order valence-corrected chi connectivity index (χ2v) is 3.76. The van der Waals surface area contributed by atoms with Crippen LogP contribution in [0.25, 0.3) is 0 Å². The number of hydrogen-bond acceptors (Lipinski definition) is 2. The first-order valence-electron chi connectivity index (χ1n) is 4.00. The molecule has 0 radical (unpaired) electrons. The van der Waals surface area contributed by atoms with Crippen LogP contribution in [0.2, 0.25) is 0 Å². The van der Waals surface area contributed by atoms with Crippen molar-refractivity contribution in [3.05, 3.63) is 34.0 Å². The van der Waals surface area contributed by atoms with E-state index in [1.807, 2.05) is 0 Å². The Morgan fingerprint density at radius 3 is 2.31 bits per heavy atom. The van der Waals surface area contributed by atoms with Gasteiger partial charge in [0, 0.05) is 6.42 Å². The van der Waals surface area contributed by atoms with Gasteiger partial charge in [0.15, 0.2) is 5.78 Å². The van der Waals surface area contributed by atoms with E-state index in [4.69, 9.17) is 0 Å². The van der Waals surface area contributed by atoms with Gasteiger partial charge in [0.05, 0.1) is 4.88 Å². The van der Waals surface area contributed by atoms with E-state index in [1.54, 1.807) is 0 Å². The smallest absolute Gasteiger partial charge is 0.293 e. The summed E-state index contributed by atoms with van der Waals surface area (Å²) in [5.74, 6) is -0.963. The molecule has 0 bridgehead atoms. The molecule has 1 aromatic heterocycles. The average Bonchev–Trinajstić information content (AvgIpc) is 2.63. The normalized spacial score (nSPS) is 11.3. The van der Waals surface area contributed by atoms with Crippen LogP contribution in [0.3, 0.4) is 0 Å². The SMILES string of the molecule is O=C(CC(=C(F)F)C(F)(F)F)c1cccs1. The molecule has 88 valence electrons. The monoisotopic (exact) mass is 256 g/mol. The Bertz CT molecular complexity index is 400. The molecule has 0 unspecified atom stereocenters. The zero-order valence-electron chi connectivity index (χ0n) is 7.65. The van der Waals surface area contributed by atoms with Gasteiger partial charge < -0.3 is 0 Å². The maximum absolute atomic E-state index is 12.1. The molecule has 1 rings (SSSR count). The van der Waals surface area contributed by atoms with E-state index in [0.717, 1.165) is 11.3 Å². The highest BCUT2D eigenvalue weighted by atomic mass is 32.1. The number of allylic oxidation sites excluding steroid dienone is 1. The highest BCUT2D eigenvalue weighted by Crippen LogP contribution is 2.33. The van der Waals surface area contributed by atoms with Crippen LogP contribution in [-0.4, -0.2) is 12.0 Å². The quantitative estimate of drug-likeness (QED) is 0.589. The lowest BCUT2D eigenvalue weighted by molar-refractivity contribution is -0.0967. The Morgan fingerprint density at radius 2 is 1.94 bits per heavy atom. The Kier molecular flexibility index (Phi) is 3.79. The molecule has 0 saturated carbocycles. The van der Waals surface area contributed by atoms with E-state index >= 15 is 0 Å². The lowest BCUT2D eigenvalue weighted by atomic mass is 10.1. The molecule has 0 spiro atoms. The molecule has 7 heteroatoms. The molecule has 16 heavy (non-hydrogen) atoms. The largest absolute Gasteiger partial charge is 0.418 e. The average molecular weight is 256 g/mol. The molecule has 0 N–H and O–H groups in total. The number of carbonyl (C=O) groups is 1. The predicted molar refractivity (Wildman–Crippen MR) is 48.6 cm³/mol. The van der Waals surface area contributed by atoms with Crippen LogP contribution in [0.15, 0.2) is 29.2 Å². The van der Waals surface area contributed by atoms with Crippen molar-refractivity contribution in [1.29, 1.82) is 0 Å². The number of thiophene rings is 1. The first kappa shape index (κ1) is 12.8. The number of halogens is 5. The maximum atomic E-state index is 12.1. The van der Waals surface area contributed by atoms with Gasteiger partial charge in [0.25, 0.3) is 6.08 Å². The summed E-state index contributed by atoms with van der Waals surface area (Å²) < 4.78 is 60.3. The van der Waals surface area contributed by atoms with Gasteiger partial charge in [-0.15, -0.1) is 11.3 Å². The summed E-state index contributed by atoms with van der Waals surface area (Å²) in [7, 11) is 0. The van der Waals surface area contributed by atoms with Gasteiger partial charge in [-0.25, -0.2) is 0 Å². The first-order chi connectivity index (χ1) is 7.32. The topological polar surface area (TPSA) is 17.1 Å². The fraction of sp³-hybridized carbons (Fsp3) is 0.222. The third-order valence-corrected chi connectivity index (χ3v) is 2.61. The molecule has 0 aromatic carbocycles. The fourth-order valence-electron chi connectivity index (χ4n) is 0.959. The number of hydrogen-bond donors (Lipinski definition) is 0. The van der Waals surface area contributed by atoms with Crippen molar-refractivity contribution >= 4 is 17.1 Å². The van der Waals surface area contributed by atoms with Crippen LogP contribution < -0.4 is 0 Å². The van der Waals surface area contributed by atoms with Gasteiger partial charge in [-0.3, -0.25) is 4.79 Å². The Morgan fingerprint density at radius 1 is 1.31 bits per heavy atom. The van der Waals surface area contributed by atoms with Gasteiger partial charge in [-0.1, -0.05) is 6.07 Å². The Balaban J connectivity index is 2.88. The third kappa shape index (κ3) is 3.13. The molecule has 0 fully saturated rings. The minimum Gasteiger partial charge on any atom is -0.293 e. The summed E-state index contributed by atoms with van der Waals surface area (Å²) in [6, 6.07) is 2.75. The number of ketones is 1. The summed E-state index contributed by atoms with van der Waals surface area (Å²) in [5.41, 5.74) is -2.08. The van der Waals surface area contributed by atoms with Gasteiger partial charge in [0.2, 0.25) is 0 Å². The summed E-state index contributed by atoms with van der Waals surface area (Å²) in [6.45, 7) is 0. The van der Waals surface area contributed by atoms with Gasteiger partial charge >= 0.3 is 6.18 Å². The molecular formula is C9H5F5OS. The lowest BCUT2D eigenvalue weighted by Crippen LogP contribution is -2.16. The van der Waals surface area contributed by atoms with Crippen molar-refractivity contribution < 1.29 is 26.7 Å². The highest BCUT2D eigenvalue weighted by Gasteiger charge is 2.39. The molecule has 0 aliphatic carbocycles. The summed E-state index contributed by atoms with van der Waals surface area (Å²) in [5, 5.41) is 1.48. The van der Waals surface area contributed by atoms with Crippen molar-refractivity contribution in [1.82, 2.24) is 0 Å². The molecule has 0 amide bonds. The number of Topliss-reactive ketones (excluding diaryl/α,β-unsaturated/α-hetero) is 1. The van der Waals surface area contributed by atoms with Crippen LogP contribution in [0.4, 0.5) is 22.0 Å². The van der Waals surface area contributed by atoms with Crippen LogP contribution >= 0.6 is 11.3 Å². The van der Waals surface area contributed by atoms with E-state index in [1.165, 1.54) is 17.5 Å². The molecule has 0 saturated heterocycles. The van der Waals surface area contributed by atoms with Crippen molar-refractivity contribution in [3.8, 4) is 0 Å². The van der Waals surface area contributed by atoms with Gasteiger partial charge in [0.1, 0.15) is 5.57 Å². The Labute approximate surface area is 91.2 Å². The summed E-state index contributed by atoms with van der Waals surface area (Å²) in [6.07, 6.45) is -9.37. The first-order valence-corrected chi connectivity index (χ1v) is 4.88. The molecule has 0 aliphatic rings. The maximum Gasteiger partial charge on any atom is 0.418 e. The third-order valence-electron chi connectivity index (χ3n) is 1.70. The van der Waals surface area contributed by atoms with Crippen molar-refractivity contribution in [2.45, 2.75) is 12.6 Å².